The van der Waals surface area contributed by atoms with Crippen LogP contribution < -0.4 is 4.74 Å². The number of piperidine rings is 1. The summed E-state index contributed by atoms with van der Waals surface area (Å²) in [5, 5.41) is 2.26. The highest BCUT2D eigenvalue weighted by Gasteiger charge is 2.45. The van der Waals surface area contributed by atoms with Crippen LogP contribution in [0.3, 0.4) is 0 Å². The van der Waals surface area contributed by atoms with Gasteiger partial charge in [0.15, 0.2) is 6.61 Å². The average Bonchev–Trinajstić information content (AvgIpc) is 2.95. The van der Waals surface area contributed by atoms with E-state index >= 15 is 0 Å². The van der Waals surface area contributed by atoms with E-state index in [1.165, 1.54) is 0 Å². The molecule has 2 aliphatic rings. The first-order chi connectivity index (χ1) is 12.6. The van der Waals surface area contributed by atoms with Crippen molar-refractivity contribution in [1.29, 1.82) is 0 Å². The molecule has 0 aliphatic carbocycles. The molecule has 0 bridgehead atoms. The Labute approximate surface area is 153 Å². The van der Waals surface area contributed by atoms with Crippen LogP contribution in [-0.4, -0.2) is 53.9 Å². The number of carbonyl (C=O) groups is 2. The van der Waals surface area contributed by atoms with Gasteiger partial charge in [0, 0.05) is 32.1 Å². The molecule has 136 valence electrons. The highest BCUT2D eigenvalue weighted by molar-refractivity contribution is 5.84. The minimum absolute atomic E-state index is 0.0139. The predicted molar refractivity (Wildman–Crippen MR) is 100.0 cm³/mol. The van der Waals surface area contributed by atoms with E-state index in [4.69, 9.17) is 4.74 Å². The molecule has 2 aromatic carbocycles. The Morgan fingerprint density at radius 3 is 2.50 bits per heavy atom. The van der Waals surface area contributed by atoms with Crippen molar-refractivity contribution in [2.45, 2.75) is 31.2 Å². The molecule has 2 amide bonds. The van der Waals surface area contributed by atoms with Crippen LogP contribution in [0.4, 0.5) is 0 Å². The van der Waals surface area contributed by atoms with Crippen molar-refractivity contribution in [3.8, 4) is 5.75 Å². The standard InChI is InChI=1S/C21H24N2O3/c1-22-19(24)8-9-21(22)10-12-23(13-11-21)20(25)15-26-18-7-6-16-4-2-3-5-17(16)14-18/h2-7,14H,8-13,15H2,1H3. The molecule has 2 aromatic rings. The van der Waals surface area contributed by atoms with Crippen LogP contribution in [0.25, 0.3) is 10.8 Å². The molecule has 0 N–H and O–H groups in total. The van der Waals surface area contributed by atoms with Crippen LogP contribution in [0.1, 0.15) is 25.7 Å². The molecule has 26 heavy (non-hydrogen) atoms. The summed E-state index contributed by atoms with van der Waals surface area (Å²) in [6.45, 7) is 1.44. The van der Waals surface area contributed by atoms with Gasteiger partial charge in [-0.15, -0.1) is 0 Å². The Hall–Kier alpha value is -2.56. The molecule has 5 nitrogen and oxygen atoms in total. The zero-order valence-electron chi connectivity index (χ0n) is 15.1. The highest BCUT2D eigenvalue weighted by atomic mass is 16.5. The molecule has 2 heterocycles. The Morgan fingerprint density at radius 1 is 1.08 bits per heavy atom. The monoisotopic (exact) mass is 352 g/mol. The normalized spacial score (nSPS) is 19.3. The quantitative estimate of drug-likeness (QED) is 0.853. The van der Waals surface area contributed by atoms with Crippen LogP contribution in [0.15, 0.2) is 42.5 Å². The van der Waals surface area contributed by atoms with E-state index in [0.717, 1.165) is 30.0 Å². The van der Waals surface area contributed by atoms with Gasteiger partial charge in [0.1, 0.15) is 5.75 Å². The predicted octanol–water partition coefficient (Wildman–Crippen LogP) is 2.83. The summed E-state index contributed by atoms with van der Waals surface area (Å²) in [6.07, 6.45) is 3.27. The molecule has 5 heteroatoms. The lowest BCUT2D eigenvalue weighted by Gasteiger charge is -2.43. The number of rotatable bonds is 3. The Balaban J connectivity index is 1.33. The molecule has 2 aliphatic heterocycles. The summed E-state index contributed by atoms with van der Waals surface area (Å²) in [7, 11) is 1.90. The largest absolute Gasteiger partial charge is 0.484 e. The molecule has 0 saturated carbocycles. The molecule has 0 unspecified atom stereocenters. The van der Waals surface area contributed by atoms with Crippen molar-refractivity contribution < 1.29 is 14.3 Å². The zero-order chi connectivity index (χ0) is 18.1. The van der Waals surface area contributed by atoms with E-state index in [2.05, 4.69) is 6.07 Å². The third-order valence-electron chi connectivity index (χ3n) is 6.02. The summed E-state index contributed by atoms with van der Waals surface area (Å²) < 4.78 is 5.73. The van der Waals surface area contributed by atoms with Crippen LogP contribution in [0.5, 0.6) is 5.75 Å². The Bertz CT molecular complexity index is 840. The van der Waals surface area contributed by atoms with Crippen molar-refractivity contribution >= 4 is 22.6 Å². The summed E-state index contributed by atoms with van der Waals surface area (Å²) in [5.74, 6) is 0.955. The lowest BCUT2D eigenvalue weighted by atomic mass is 9.85. The number of hydrogen-bond donors (Lipinski definition) is 0. The molecule has 0 atom stereocenters. The fourth-order valence-electron chi connectivity index (χ4n) is 4.19. The van der Waals surface area contributed by atoms with Gasteiger partial charge in [-0.2, -0.15) is 0 Å². The average molecular weight is 352 g/mol. The lowest BCUT2D eigenvalue weighted by molar-refractivity contribution is -0.137. The fourth-order valence-corrected chi connectivity index (χ4v) is 4.19. The number of ether oxygens (including phenoxy) is 1. The van der Waals surface area contributed by atoms with Gasteiger partial charge in [-0.25, -0.2) is 0 Å². The van der Waals surface area contributed by atoms with E-state index in [1.807, 2.05) is 53.2 Å². The molecular formula is C21H24N2O3. The first kappa shape index (κ1) is 16.9. The third-order valence-corrected chi connectivity index (χ3v) is 6.02. The van der Waals surface area contributed by atoms with E-state index in [0.29, 0.717) is 25.3 Å². The van der Waals surface area contributed by atoms with Gasteiger partial charge in [0.2, 0.25) is 5.91 Å². The zero-order valence-corrected chi connectivity index (χ0v) is 15.1. The van der Waals surface area contributed by atoms with Crippen molar-refractivity contribution in [2.75, 3.05) is 26.7 Å². The number of carbonyl (C=O) groups excluding carboxylic acids is 2. The van der Waals surface area contributed by atoms with Gasteiger partial charge in [-0.1, -0.05) is 30.3 Å². The minimum Gasteiger partial charge on any atom is -0.484 e. The molecule has 0 radical (unpaired) electrons. The maximum atomic E-state index is 12.5. The van der Waals surface area contributed by atoms with Gasteiger partial charge in [0.05, 0.1) is 0 Å². The van der Waals surface area contributed by atoms with Crippen molar-refractivity contribution in [3.05, 3.63) is 42.5 Å². The van der Waals surface area contributed by atoms with Gasteiger partial charge in [0.25, 0.3) is 5.91 Å². The topological polar surface area (TPSA) is 49.9 Å². The maximum Gasteiger partial charge on any atom is 0.260 e. The number of amides is 2. The van der Waals surface area contributed by atoms with Crippen LogP contribution in [-0.2, 0) is 9.59 Å². The number of benzene rings is 2. The smallest absolute Gasteiger partial charge is 0.260 e. The van der Waals surface area contributed by atoms with E-state index in [1.54, 1.807) is 0 Å². The van der Waals surface area contributed by atoms with Gasteiger partial charge >= 0.3 is 0 Å². The van der Waals surface area contributed by atoms with Crippen molar-refractivity contribution in [2.24, 2.45) is 0 Å². The Morgan fingerprint density at radius 2 is 1.81 bits per heavy atom. The second-order valence-electron chi connectivity index (χ2n) is 7.36. The third kappa shape index (κ3) is 3.02. The van der Waals surface area contributed by atoms with Crippen LogP contribution in [0, 0.1) is 0 Å². The number of hydrogen-bond acceptors (Lipinski definition) is 3. The van der Waals surface area contributed by atoms with Gasteiger partial charge < -0.3 is 14.5 Å². The Kier molecular flexibility index (Phi) is 4.31. The lowest BCUT2D eigenvalue weighted by Crippen LogP contribution is -2.53. The molecule has 2 saturated heterocycles. The van der Waals surface area contributed by atoms with E-state index < -0.39 is 0 Å². The summed E-state index contributed by atoms with van der Waals surface area (Å²) in [4.78, 5) is 28.1. The molecule has 2 fully saturated rings. The molecule has 1 spiro atoms. The molecule has 4 rings (SSSR count). The number of likely N-dealkylation sites (tertiary alicyclic amines) is 2. The first-order valence-corrected chi connectivity index (χ1v) is 9.23. The summed E-state index contributed by atoms with van der Waals surface area (Å²) >= 11 is 0. The fraction of sp³-hybridized carbons (Fsp3) is 0.429. The summed E-state index contributed by atoms with van der Waals surface area (Å²) in [5.41, 5.74) is -0.0347. The molecular weight excluding hydrogens is 328 g/mol. The van der Waals surface area contributed by atoms with Crippen LogP contribution in [0.2, 0.25) is 0 Å². The highest BCUT2D eigenvalue weighted by Crippen LogP contribution is 2.37. The number of fused-ring (bicyclic) bond motifs is 1. The number of nitrogens with zero attached hydrogens (tertiary/aromatic N) is 2. The summed E-state index contributed by atoms with van der Waals surface area (Å²) in [6, 6.07) is 14.0. The first-order valence-electron chi connectivity index (χ1n) is 9.23. The van der Waals surface area contributed by atoms with Crippen molar-refractivity contribution in [3.63, 3.8) is 0 Å². The molecule has 0 aromatic heterocycles. The maximum absolute atomic E-state index is 12.5. The SMILES string of the molecule is CN1C(=O)CCC12CCN(C(=O)COc1ccc3ccccc3c1)CC2. The van der Waals surface area contributed by atoms with Crippen molar-refractivity contribution in [1.82, 2.24) is 9.80 Å². The van der Waals surface area contributed by atoms with Gasteiger partial charge in [-0.3, -0.25) is 9.59 Å². The second kappa shape index (κ2) is 6.63. The van der Waals surface area contributed by atoms with Gasteiger partial charge in [-0.05, 0) is 42.2 Å². The second-order valence-corrected chi connectivity index (χ2v) is 7.36. The van der Waals surface area contributed by atoms with E-state index in [9.17, 15) is 9.59 Å². The minimum atomic E-state index is -0.0347. The van der Waals surface area contributed by atoms with Crippen LogP contribution >= 0.6 is 0 Å². The van der Waals surface area contributed by atoms with E-state index in [-0.39, 0.29) is 24.0 Å².